The lowest BCUT2D eigenvalue weighted by Gasteiger charge is -2.28. The molecule has 1 aliphatic rings. The van der Waals surface area contributed by atoms with Gasteiger partial charge in [0, 0.05) is 10.5 Å². The standard InChI is InChI=1S/C10H9BrN2/c11-9-2-1-7(5-8(9)6-12)10-3-4-13-10/h1-2,5,10,13H,3-4H2/t10-/m1/s1. The van der Waals surface area contributed by atoms with Crippen molar-refractivity contribution in [3.8, 4) is 6.07 Å². The fraction of sp³-hybridized carbons (Fsp3) is 0.300. The van der Waals surface area contributed by atoms with Crippen LogP contribution in [0.5, 0.6) is 0 Å². The number of hydrogen-bond donors (Lipinski definition) is 1. The Labute approximate surface area is 85.7 Å². The van der Waals surface area contributed by atoms with Gasteiger partial charge in [-0.05, 0) is 46.6 Å². The SMILES string of the molecule is N#Cc1cc([C@H]2CCN2)ccc1Br. The van der Waals surface area contributed by atoms with Crippen LogP contribution in [0.25, 0.3) is 0 Å². The Balaban J connectivity index is 2.33. The highest BCUT2D eigenvalue weighted by Crippen LogP contribution is 2.26. The van der Waals surface area contributed by atoms with Crippen LogP contribution in [-0.4, -0.2) is 6.54 Å². The zero-order valence-electron chi connectivity index (χ0n) is 7.05. The molecule has 0 unspecified atom stereocenters. The van der Waals surface area contributed by atoms with Gasteiger partial charge in [-0.2, -0.15) is 5.26 Å². The molecule has 13 heavy (non-hydrogen) atoms. The van der Waals surface area contributed by atoms with Crippen LogP contribution in [0.4, 0.5) is 0 Å². The van der Waals surface area contributed by atoms with Crippen molar-refractivity contribution >= 4 is 15.9 Å². The third kappa shape index (κ3) is 1.60. The highest BCUT2D eigenvalue weighted by Gasteiger charge is 2.18. The first-order chi connectivity index (χ1) is 6.31. The van der Waals surface area contributed by atoms with Crippen molar-refractivity contribution in [3.05, 3.63) is 33.8 Å². The van der Waals surface area contributed by atoms with E-state index in [2.05, 4.69) is 33.4 Å². The first-order valence-electron chi connectivity index (χ1n) is 4.24. The third-order valence-electron chi connectivity index (χ3n) is 2.34. The van der Waals surface area contributed by atoms with E-state index in [1.807, 2.05) is 12.1 Å². The second-order valence-electron chi connectivity index (χ2n) is 3.15. The highest BCUT2D eigenvalue weighted by atomic mass is 79.9. The molecule has 0 radical (unpaired) electrons. The fourth-order valence-corrected chi connectivity index (χ4v) is 1.75. The first kappa shape index (κ1) is 8.74. The quantitative estimate of drug-likeness (QED) is 0.813. The Morgan fingerprint density at radius 1 is 1.54 bits per heavy atom. The second kappa shape index (κ2) is 3.49. The maximum Gasteiger partial charge on any atom is 0.100 e. The molecule has 1 atom stereocenters. The van der Waals surface area contributed by atoms with Gasteiger partial charge in [0.15, 0.2) is 0 Å². The van der Waals surface area contributed by atoms with Gasteiger partial charge in [0.2, 0.25) is 0 Å². The van der Waals surface area contributed by atoms with Crippen molar-refractivity contribution < 1.29 is 0 Å². The molecule has 2 nitrogen and oxygen atoms in total. The molecule has 0 bridgehead atoms. The van der Waals surface area contributed by atoms with E-state index in [1.54, 1.807) is 0 Å². The van der Waals surface area contributed by atoms with Crippen LogP contribution in [0.2, 0.25) is 0 Å². The monoisotopic (exact) mass is 236 g/mol. The molecular weight excluding hydrogens is 228 g/mol. The molecular formula is C10H9BrN2. The van der Waals surface area contributed by atoms with Crippen molar-refractivity contribution in [2.24, 2.45) is 0 Å². The number of rotatable bonds is 1. The summed E-state index contributed by atoms with van der Waals surface area (Å²) in [7, 11) is 0. The molecule has 66 valence electrons. The highest BCUT2D eigenvalue weighted by molar-refractivity contribution is 9.10. The van der Waals surface area contributed by atoms with Crippen LogP contribution in [0.15, 0.2) is 22.7 Å². The Bertz CT molecular complexity index is 364. The molecule has 1 saturated heterocycles. The molecule has 0 amide bonds. The van der Waals surface area contributed by atoms with Crippen molar-refractivity contribution in [1.82, 2.24) is 5.32 Å². The van der Waals surface area contributed by atoms with E-state index in [1.165, 1.54) is 12.0 Å². The predicted octanol–water partition coefficient (Wildman–Crippen LogP) is 2.36. The molecule has 0 saturated carbocycles. The van der Waals surface area contributed by atoms with Crippen molar-refractivity contribution in [1.29, 1.82) is 5.26 Å². The smallest absolute Gasteiger partial charge is 0.100 e. The number of hydrogen-bond acceptors (Lipinski definition) is 2. The van der Waals surface area contributed by atoms with Crippen LogP contribution in [0.3, 0.4) is 0 Å². The summed E-state index contributed by atoms with van der Waals surface area (Å²) in [6.45, 7) is 1.09. The summed E-state index contributed by atoms with van der Waals surface area (Å²) in [5.41, 5.74) is 1.93. The molecule has 1 aromatic rings. The molecule has 1 aliphatic heterocycles. The van der Waals surface area contributed by atoms with Gasteiger partial charge >= 0.3 is 0 Å². The number of halogens is 1. The summed E-state index contributed by atoms with van der Waals surface area (Å²) >= 11 is 3.34. The number of nitrogens with zero attached hydrogens (tertiary/aromatic N) is 1. The van der Waals surface area contributed by atoms with Gasteiger partial charge in [-0.25, -0.2) is 0 Å². The lowest BCUT2D eigenvalue weighted by molar-refractivity contribution is 0.383. The van der Waals surface area contributed by atoms with Gasteiger partial charge in [-0.3, -0.25) is 0 Å². The maximum atomic E-state index is 8.81. The normalized spacial score (nSPS) is 20.5. The summed E-state index contributed by atoms with van der Waals surface area (Å²) in [6, 6.07) is 8.56. The molecule has 0 aliphatic carbocycles. The minimum Gasteiger partial charge on any atom is -0.310 e. The summed E-state index contributed by atoms with van der Waals surface area (Å²) in [5.74, 6) is 0. The van der Waals surface area contributed by atoms with Gasteiger partial charge in [0.25, 0.3) is 0 Å². The topological polar surface area (TPSA) is 35.8 Å². The largest absolute Gasteiger partial charge is 0.310 e. The molecule has 1 fully saturated rings. The van der Waals surface area contributed by atoms with E-state index in [9.17, 15) is 0 Å². The van der Waals surface area contributed by atoms with E-state index >= 15 is 0 Å². The van der Waals surface area contributed by atoms with Crippen LogP contribution in [0, 0.1) is 11.3 Å². The zero-order valence-corrected chi connectivity index (χ0v) is 8.63. The third-order valence-corrected chi connectivity index (χ3v) is 3.03. The van der Waals surface area contributed by atoms with E-state index in [0.717, 1.165) is 11.0 Å². The zero-order chi connectivity index (χ0) is 9.26. The maximum absolute atomic E-state index is 8.81. The van der Waals surface area contributed by atoms with Gasteiger partial charge in [-0.1, -0.05) is 6.07 Å². The Kier molecular flexibility index (Phi) is 2.34. The predicted molar refractivity (Wildman–Crippen MR) is 54.2 cm³/mol. The van der Waals surface area contributed by atoms with E-state index in [0.29, 0.717) is 11.6 Å². The number of nitrogens with one attached hydrogen (secondary N) is 1. The minimum absolute atomic E-state index is 0.459. The Hall–Kier alpha value is -0.850. The molecule has 1 aromatic carbocycles. The van der Waals surface area contributed by atoms with Gasteiger partial charge in [0.1, 0.15) is 6.07 Å². The Morgan fingerprint density at radius 2 is 2.31 bits per heavy atom. The molecule has 3 heteroatoms. The first-order valence-corrected chi connectivity index (χ1v) is 5.03. The van der Waals surface area contributed by atoms with Crippen LogP contribution >= 0.6 is 15.9 Å². The fourth-order valence-electron chi connectivity index (χ4n) is 1.42. The summed E-state index contributed by atoms with van der Waals surface area (Å²) in [4.78, 5) is 0. The molecule has 0 spiro atoms. The number of nitriles is 1. The van der Waals surface area contributed by atoms with Crippen molar-refractivity contribution in [2.75, 3.05) is 6.54 Å². The van der Waals surface area contributed by atoms with Gasteiger partial charge in [-0.15, -0.1) is 0 Å². The second-order valence-corrected chi connectivity index (χ2v) is 4.00. The molecule has 1 N–H and O–H groups in total. The minimum atomic E-state index is 0.459. The molecule has 1 heterocycles. The molecule has 0 aromatic heterocycles. The summed E-state index contributed by atoms with van der Waals surface area (Å²) in [5, 5.41) is 12.1. The van der Waals surface area contributed by atoms with E-state index in [4.69, 9.17) is 5.26 Å². The number of benzene rings is 1. The van der Waals surface area contributed by atoms with Crippen molar-refractivity contribution in [2.45, 2.75) is 12.5 Å². The van der Waals surface area contributed by atoms with Gasteiger partial charge < -0.3 is 5.32 Å². The average molecular weight is 237 g/mol. The molecule has 2 rings (SSSR count). The lowest BCUT2D eigenvalue weighted by Crippen LogP contribution is -2.34. The average Bonchev–Trinajstić information content (AvgIpc) is 2.05. The van der Waals surface area contributed by atoms with Crippen LogP contribution in [0.1, 0.15) is 23.6 Å². The van der Waals surface area contributed by atoms with Crippen LogP contribution in [-0.2, 0) is 0 Å². The lowest BCUT2D eigenvalue weighted by atomic mass is 9.97. The van der Waals surface area contributed by atoms with Crippen molar-refractivity contribution in [3.63, 3.8) is 0 Å². The van der Waals surface area contributed by atoms with Crippen LogP contribution < -0.4 is 5.32 Å². The summed E-state index contributed by atoms with van der Waals surface area (Å²) in [6.07, 6.45) is 1.17. The Morgan fingerprint density at radius 3 is 2.85 bits per heavy atom. The van der Waals surface area contributed by atoms with E-state index in [-0.39, 0.29) is 0 Å². The van der Waals surface area contributed by atoms with Gasteiger partial charge in [0.05, 0.1) is 5.56 Å². The van der Waals surface area contributed by atoms with E-state index < -0.39 is 0 Å². The summed E-state index contributed by atoms with van der Waals surface area (Å²) < 4.78 is 0.873.